The highest BCUT2D eigenvalue weighted by Crippen LogP contribution is 2.28. The summed E-state index contributed by atoms with van der Waals surface area (Å²) in [5.41, 5.74) is 1.56. The molecule has 0 aliphatic rings. The summed E-state index contributed by atoms with van der Waals surface area (Å²) in [6, 6.07) is 15.4. The number of carbonyl (C=O) groups excluding carboxylic acids is 1. The van der Waals surface area contributed by atoms with E-state index in [0.717, 1.165) is 21.2 Å². The highest BCUT2D eigenvalue weighted by atomic mass is 32.2. The van der Waals surface area contributed by atoms with Gasteiger partial charge in [0.05, 0.1) is 31.1 Å². The minimum atomic E-state index is -3.70. The van der Waals surface area contributed by atoms with Gasteiger partial charge in [0.2, 0.25) is 9.84 Å². The number of aromatic nitrogens is 3. The number of thiophene rings is 1. The predicted molar refractivity (Wildman–Crippen MR) is 123 cm³/mol. The number of pyridine rings is 1. The van der Waals surface area contributed by atoms with Gasteiger partial charge < -0.3 is 5.32 Å². The van der Waals surface area contributed by atoms with E-state index < -0.39 is 9.84 Å². The van der Waals surface area contributed by atoms with Crippen LogP contribution < -0.4 is 5.32 Å². The van der Waals surface area contributed by atoms with Gasteiger partial charge in [-0.1, -0.05) is 18.2 Å². The molecular weight excluding hydrogens is 444 g/mol. The number of nitrogens with zero attached hydrogens (tertiary/aromatic N) is 3. The van der Waals surface area contributed by atoms with Crippen LogP contribution in [0.5, 0.6) is 0 Å². The Balaban J connectivity index is 1.34. The molecule has 0 aliphatic carbocycles. The van der Waals surface area contributed by atoms with Gasteiger partial charge in [0.15, 0.2) is 0 Å². The van der Waals surface area contributed by atoms with Crippen LogP contribution in [0.15, 0.2) is 83.0 Å². The van der Waals surface area contributed by atoms with Crippen molar-refractivity contribution < 1.29 is 13.2 Å². The minimum Gasteiger partial charge on any atom is -0.347 e. The molecule has 0 saturated heterocycles. The lowest BCUT2D eigenvalue weighted by Gasteiger charge is -2.08. The smallest absolute Gasteiger partial charge is 0.261 e. The van der Waals surface area contributed by atoms with Gasteiger partial charge in [0, 0.05) is 31.4 Å². The Bertz CT molecular complexity index is 1540. The molecule has 0 radical (unpaired) electrons. The van der Waals surface area contributed by atoms with Gasteiger partial charge in [-0.05, 0) is 47.3 Å². The summed E-state index contributed by atoms with van der Waals surface area (Å²) in [5.74, 6) is -0.175. The van der Waals surface area contributed by atoms with E-state index in [1.54, 1.807) is 66.7 Å². The Morgan fingerprint density at radius 2 is 1.91 bits per heavy atom. The molecule has 0 spiro atoms. The molecule has 0 fully saturated rings. The summed E-state index contributed by atoms with van der Waals surface area (Å²) in [5, 5.41) is 8.62. The normalized spacial score (nSPS) is 11.8. The van der Waals surface area contributed by atoms with Crippen molar-refractivity contribution in [1.29, 1.82) is 0 Å². The molecule has 0 unspecified atom stereocenters. The third kappa shape index (κ3) is 3.55. The number of nitrogens with one attached hydrogen (secondary N) is 1. The van der Waals surface area contributed by atoms with Crippen molar-refractivity contribution in [2.75, 3.05) is 0 Å². The third-order valence-corrected chi connectivity index (χ3v) is 8.19. The van der Waals surface area contributed by atoms with Gasteiger partial charge in [-0.15, -0.1) is 11.3 Å². The molecule has 3 aromatic heterocycles. The highest BCUT2D eigenvalue weighted by Gasteiger charge is 2.21. The van der Waals surface area contributed by atoms with Crippen LogP contribution >= 0.6 is 11.3 Å². The van der Waals surface area contributed by atoms with Crippen molar-refractivity contribution in [1.82, 2.24) is 20.1 Å². The van der Waals surface area contributed by atoms with Crippen LogP contribution in [-0.2, 0) is 23.4 Å². The molecule has 160 valence electrons. The highest BCUT2D eigenvalue weighted by molar-refractivity contribution is 7.91. The van der Waals surface area contributed by atoms with Crippen molar-refractivity contribution in [2.45, 2.75) is 16.3 Å². The maximum absolute atomic E-state index is 13.2. The molecule has 3 heterocycles. The van der Waals surface area contributed by atoms with Crippen LogP contribution in [0.1, 0.15) is 15.2 Å². The second-order valence-electron chi connectivity index (χ2n) is 7.31. The molecule has 1 N–H and O–H groups in total. The van der Waals surface area contributed by atoms with Gasteiger partial charge >= 0.3 is 0 Å². The van der Waals surface area contributed by atoms with E-state index in [1.807, 2.05) is 18.2 Å². The van der Waals surface area contributed by atoms with Crippen molar-refractivity contribution in [3.05, 3.63) is 83.6 Å². The minimum absolute atomic E-state index is 0.175. The quantitative estimate of drug-likeness (QED) is 0.427. The summed E-state index contributed by atoms with van der Waals surface area (Å²) >= 11 is 1.39. The van der Waals surface area contributed by atoms with Crippen molar-refractivity contribution in [3.8, 4) is 0 Å². The molecule has 32 heavy (non-hydrogen) atoms. The van der Waals surface area contributed by atoms with Crippen LogP contribution in [-0.4, -0.2) is 29.1 Å². The van der Waals surface area contributed by atoms with Crippen LogP contribution in [0.25, 0.3) is 21.0 Å². The van der Waals surface area contributed by atoms with E-state index >= 15 is 0 Å². The Morgan fingerprint density at radius 3 is 2.69 bits per heavy atom. The molecule has 0 saturated carbocycles. The van der Waals surface area contributed by atoms with E-state index in [0.29, 0.717) is 16.8 Å². The van der Waals surface area contributed by atoms with E-state index in [-0.39, 0.29) is 15.7 Å². The lowest BCUT2D eigenvalue weighted by atomic mass is 10.2. The Hall–Kier alpha value is -3.56. The first-order valence-electron chi connectivity index (χ1n) is 9.80. The molecule has 2 aromatic carbocycles. The van der Waals surface area contributed by atoms with Crippen LogP contribution in [0.4, 0.5) is 0 Å². The number of benzene rings is 2. The number of amides is 1. The van der Waals surface area contributed by atoms with Crippen LogP contribution in [0, 0.1) is 0 Å². The SMILES string of the molecule is Cn1ncc2c(S(=O)(=O)c3ccc(CNC(=O)c4cc5ccncc5s4)cc3)cccc21. The zero-order valence-corrected chi connectivity index (χ0v) is 18.7. The van der Waals surface area contributed by atoms with Crippen molar-refractivity contribution >= 4 is 48.1 Å². The molecule has 0 atom stereocenters. The standard InChI is InChI=1S/C23H18N4O3S2/c1-27-19-3-2-4-22(18(19)13-26-27)32(29,30)17-7-5-15(6-8-17)12-25-23(28)20-11-16-9-10-24-14-21(16)31-20/h2-11,13-14H,12H2,1H3,(H,25,28). The monoisotopic (exact) mass is 462 g/mol. The average Bonchev–Trinajstić information content (AvgIpc) is 3.41. The van der Waals surface area contributed by atoms with Crippen molar-refractivity contribution in [2.24, 2.45) is 7.05 Å². The first-order chi connectivity index (χ1) is 15.4. The summed E-state index contributed by atoms with van der Waals surface area (Å²) in [6.07, 6.45) is 5.00. The lowest BCUT2D eigenvalue weighted by molar-refractivity contribution is 0.0955. The fourth-order valence-electron chi connectivity index (χ4n) is 3.56. The van der Waals surface area contributed by atoms with E-state index in [4.69, 9.17) is 0 Å². The van der Waals surface area contributed by atoms with Gasteiger partial charge in [0.1, 0.15) is 0 Å². The van der Waals surface area contributed by atoms with E-state index in [2.05, 4.69) is 15.4 Å². The summed E-state index contributed by atoms with van der Waals surface area (Å²) in [7, 11) is -1.93. The molecule has 9 heteroatoms. The zero-order chi connectivity index (χ0) is 22.3. The Kier molecular flexibility index (Phi) is 4.99. The van der Waals surface area contributed by atoms with E-state index in [1.165, 1.54) is 11.3 Å². The van der Waals surface area contributed by atoms with Gasteiger partial charge in [-0.2, -0.15) is 5.10 Å². The number of carbonyl (C=O) groups is 1. The molecule has 1 amide bonds. The number of sulfone groups is 1. The van der Waals surface area contributed by atoms with E-state index in [9.17, 15) is 13.2 Å². The molecule has 0 aliphatic heterocycles. The fourth-order valence-corrected chi connectivity index (χ4v) is 5.96. The number of hydrogen-bond donors (Lipinski definition) is 1. The molecule has 5 rings (SSSR count). The summed E-state index contributed by atoms with van der Waals surface area (Å²) in [6.45, 7) is 0.295. The fraction of sp³-hybridized carbons (Fsp3) is 0.0870. The Morgan fingerprint density at radius 1 is 1.09 bits per heavy atom. The molecule has 7 nitrogen and oxygen atoms in total. The number of rotatable bonds is 5. The van der Waals surface area contributed by atoms with Gasteiger partial charge in [0.25, 0.3) is 5.91 Å². The third-order valence-electron chi connectivity index (χ3n) is 5.27. The van der Waals surface area contributed by atoms with Crippen molar-refractivity contribution in [3.63, 3.8) is 0 Å². The molecule has 0 bridgehead atoms. The second-order valence-corrected chi connectivity index (χ2v) is 10.3. The first kappa shape index (κ1) is 20.3. The Labute approximate surface area is 188 Å². The van der Waals surface area contributed by atoms with Crippen LogP contribution in [0.2, 0.25) is 0 Å². The van der Waals surface area contributed by atoms with Gasteiger partial charge in [-0.25, -0.2) is 8.42 Å². The maximum Gasteiger partial charge on any atom is 0.261 e. The summed E-state index contributed by atoms with van der Waals surface area (Å²) < 4.78 is 29.0. The zero-order valence-electron chi connectivity index (χ0n) is 17.0. The average molecular weight is 463 g/mol. The van der Waals surface area contributed by atoms with Gasteiger partial charge in [-0.3, -0.25) is 14.5 Å². The molecular formula is C23H18N4O3S2. The topological polar surface area (TPSA) is 94.0 Å². The molecule has 5 aromatic rings. The van der Waals surface area contributed by atoms with Crippen LogP contribution in [0.3, 0.4) is 0 Å². The lowest BCUT2D eigenvalue weighted by Crippen LogP contribution is -2.21. The predicted octanol–water partition coefficient (Wildman–Crippen LogP) is 3.95. The number of hydrogen-bond acceptors (Lipinski definition) is 6. The number of aryl methyl sites for hydroxylation is 1. The number of fused-ring (bicyclic) bond motifs is 2. The first-order valence-corrected chi connectivity index (χ1v) is 12.1. The summed E-state index contributed by atoms with van der Waals surface area (Å²) in [4.78, 5) is 17.6. The second kappa shape index (κ2) is 7.85. The maximum atomic E-state index is 13.2. The largest absolute Gasteiger partial charge is 0.347 e.